The largest absolute Gasteiger partial charge is 0.444 e. The molecule has 0 bridgehead atoms. The van der Waals surface area contributed by atoms with Crippen LogP contribution in [0.3, 0.4) is 0 Å². The highest BCUT2D eigenvalue weighted by atomic mass is 19.1. The highest BCUT2D eigenvalue weighted by Crippen LogP contribution is 2.22. The van der Waals surface area contributed by atoms with Crippen LogP contribution in [0.15, 0.2) is 24.3 Å². The minimum Gasteiger partial charge on any atom is -0.444 e. The number of nitrogens with zero attached hydrogens (tertiary/aromatic N) is 2. The third kappa shape index (κ3) is 5.52. The Labute approximate surface area is 158 Å². The maximum atomic E-state index is 13.7. The summed E-state index contributed by atoms with van der Waals surface area (Å²) in [7, 11) is 0. The fourth-order valence-electron chi connectivity index (χ4n) is 2.67. The molecule has 0 unspecified atom stereocenters. The molecule has 27 heavy (non-hydrogen) atoms. The van der Waals surface area contributed by atoms with Crippen molar-refractivity contribution in [3.63, 3.8) is 0 Å². The van der Waals surface area contributed by atoms with Crippen LogP contribution >= 0.6 is 0 Å². The molecule has 7 heteroatoms. The van der Waals surface area contributed by atoms with Crippen molar-refractivity contribution >= 4 is 11.8 Å². The van der Waals surface area contributed by atoms with Crippen molar-refractivity contribution in [1.82, 2.24) is 9.78 Å². The minimum absolute atomic E-state index is 0.125. The van der Waals surface area contributed by atoms with Crippen LogP contribution in [0.1, 0.15) is 64.3 Å². The smallest absolute Gasteiger partial charge is 0.412 e. The van der Waals surface area contributed by atoms with Crippen molar-refractivity contribution in [1.29, 1.82) is 0 Å². The van der Waals surface area contributed by atoms with Crippen LogP contribution in [-0.2, 0) is 11.3 Å². The number of ether oxygens (including phenoxy) is 1. The van der Waals surface area contributed by atoms with Gasteiger partial charge >= 0.3 is 6.09 Å². The fourth-order valence-corrected chi connectivity index (χ4v) is 2.67. The number of benzene rings is 1. The Bertz CT molecular complexity index is 788. The number of hydrogen-bond donors (Lipinski definition) is 1. The minimum atomic E-state index is -0.851. The van der Waals surface area contributed by atoms with Crippen molar-refractivity contribution in [3.8, 4) is 0 Å². The Kier molecular flexibility index (Phi) is 6.93. The van der Waals surface area contributed by atoms with Gasteiger partial charge in [0.25, 0.3) is 0 Å². The first-order valence-electron chi connectivity index (χ1n) is 9.21. The van der Waals surface area contributed by atoms with Crippen LogP contribution in [0.5, 0.6) is 0 Å². The summed E-state index contributed by atoms with van der Waals surface area (Å²) in [6.45, 7) is 10.6. The van der Waals surface area contributed by atoms with Gasteiger partial charge < -0.3 is 4.74 Å². The molecule has 1 atom stereocenters. The zero-order valence-electron chi connectivity index (χ0n) is 16.4. The van der Waals surface area contributed by atoms with Gasteiger partial charge in [0.05, 0.1) is 17.9 Å². The third-order valence-electron chi connectivity index (χ3n) is 4.29. The maximum absolute atomic E-state index is 13.7. The Hall–Kier alpha value is -2.44. The number of anilines is 1. The summed E-state index contributed by atoms with van der Waals surface area (Å²) in [5.74, 6) is -0.978. The molecule has 0 aliphatic rings. The van der Waals surface area contributed by atoms with Gasteiger partial charge in [0, 0.05) is 11.8 Å². The number of carbonyl (C=O) groups is 1. The molecule has 0 fully saturated rings. The Morgan fingerprint density at radius 2 is 1.89 bits per heavy atom. The molecule has 1 N–H and O–H groups in total. The van der Waals surface area contributed by atoms with Crippen molar-refractivity contribution in [2.45, 2.75) is 65.5 Å². The summed E-state index contributed by atoms with van der Waals surface area (Å²) < 4.78 is 33.9. The molecule has 1 aromatic heterocycles. The van der Waals surface area contributed by atoms with E-state index in [-0.39, 0.29) is 11.6 Å². The van der Waals surface area contributed by atoms with Crippen LogP contribution < -0.4 is 5.32 Å². The fraction of sp³-hybridized carbons (Fsp3) is 0.500. The number of aromatic nitrogens is 2. The number of rotatable bonds is 7. The summed E-state index contributed by atoms with van der Waals surface area (Å²) >= 11 is 0. The molecule has 0 saturated carbocycles. The second-order valence-electron chi connectivity index (χ2n) is 7.17. The second kappa shape index (κ2) is 8.97. The van der Waals surface area contributed by atoms with E-state index < -0.39 is 23.8 Å². The predicted molar refractivity (Wildman–Crippen MR) is 101 cm³/mol. The van der Waals surface area contributed by atoms with E-state index in [9.17, 15) is 13.6 Å². The van der Waals surface area contributed by atoms with Gasteiger partial charge in [-0.15, -0.1) is 0 Å². The molecule has 0 spiro atoms. The van der Waals surface area contributed by atoms with Crippen molar-refractivity contribution < 1.29 is 18.3 Å². The third-order valence-corrected chi connectivity index (χ3v) is 4.29. The molecule has 1 aromatic carbocycles. The van der Waals surface area contributed by atoms with Crippen molar-refractivity contribution in [3.05, 3.63) is 47.3 Å². The molecule has 0 saturated heterocycles. The first-order valence-corrected chi connectivity index (χ1v) is 9.21. The van der Waals surface area contributed by atoms with Crippen LogP contribution in [0.2, 0.25) is 0 Å². The normalized spacial score (nSPS) is 12.5. The standard InChI is InChI=1S/C20H27F2N3O2/c1-6-15(11-25-19(13(4)5)10-18(24-25)12(2)3)27-20(26)23-17-8-7-14(21)9-16(17)22/h7-10,12-13,15H,6,11H2,1-5H3,(H,23,26)/t15-/m1/s1. The predicted octanol–water partition coefficient (Wildman–Crippen LogP) is 5.44. The Morgan fingerprint density at radius 3 is 2.44 bits per heavy atom. The topological polar surface area (TPSA) is 56.2 Å². The van der Waals surface area contributed by atoms with Gasteiger partial charge in [-0.1, -0.05) is 34.6 Å². The molecule has 5 nitrogen and oxygen atoms in total. The molecular formula is C20H27F2N3O2. The number of nitrogens with one attached hydrogen (secondary N) is 1. The van der Waals surface area contributed by atoms with Gasteiger partial charge in [-0.25, -0.2) is 13.6 Å². The molecule has 2 aromatic rings. The van der Waals surface area contributed by atoms with Crippen molar-refractivity contribution in [2.75, 3.05) is 5.32 Å². The average Bonchev–Trinajstić information content (AvgIpc) is 3.01. The SMILES string of the molecule is CC[C@H](Cn1nc(C(C)C)cc1C(C)C)OC(=O)Nc1ccc(F)cc1F. The highest BCUT2D eigenvalue weighted by Gasteiger charge is 2.19. The van der Waals surface area contributed by atoms with Crippen LogP contribution in [0.4, 0.5) is 19.3 Å². The van der Waals surface area contributed by atoms with E-state index in [1.165, 1.54) is 0 Å². The zero-order valence-corrected chi connectivity index (χ0v) is 16.4. The number of hydrogen-bond acceptors (Lipinski definition) is 3. The second-order valence-corrected chi connectivity index (χ2v) is 7.17. The van der Waals surface area contributed by atoms with Crippen molar-refractivity contribution in [2.24, 2.45) is 0 Å². The van der Waals surface area contributed by atoms with Gasteiger partial charge in [-0.3, -0.25) is 10.00 Å². The molecule has 1 heterocycles. The summed E-state index contributed by atoms with van der Waals surface area (Å²) in [5.41, 5.74) is 1.94. The van der Waals surface area contributed by atoms with Gasteiger partial charge in [0.1, 0.15) is 17.7 Å². The van der Waals surface area contributed by atoms with E-state index in [0.717, 1.165) is 23.5 Å². The molecule has 0 aliphatic carbocycles. The first kappa shape index (κ1) is 20.9. The van der Waals surface area contributed by atoms with Gasteiger partial charge in [-0.05, 0) is 36.5 Å². The maximum Gasteiger partial charge on any atom is 0.412 e. The molecule has 0 radical (unpaired) electrons. The van der Waals surface area contributed by atoms with Gasteiger partial charge in [0.2, 0.25) is 0 Å². The lowest BCUT2D eigenvalue weighted by atomic mass is 10.1. The number of amides is 1. The Balaban J connectivity index is 2.08. The lowest BCUT2D eigenvalue weighted by Gasteiger charge is -2.19. The summed E-state index contributed by atoms with van der Waals surface area (Å²) in [4.78, 5) is 12.1. The Morgan fingerprint density at radius 1 is 1.19 bits per heavy atom. The number of carbonyl (C=O) groups excluding carboxylic acids is 1. The van der Waals surface area contributed by atoms with Gasteiger partial charge in [0.15, 0.2) is 0 Å². The van der Waals surface area contributed by atoms with E-state index in [2.05, 4.69) is 44.2 Å². The van der Waals surface area contributed by atoms with Crippen LogP contribution in [-0.4, -0.2) is 22.0 Å². The van der Waals surface area contributed by atoms with Crippen LogP contribution in [0, 0.1) is 11.6 Å². The van der Waals surface area contributed by atoms with E-state index in [0.29, 0.717) is 24.9 Å². The zero-order chi connectivity index (χ0) is 20.1. The van der Waals surface area contributed by atoms with Gasteiger partial charge in [-0.2, -0.15) is 5.10 Å². The van der Waals surface area contributed by atoms with E-state index in [4.69, 9.17) is 4.74 Å². The summed E-state index contributed by atoms with van der Waals surface area (Å²) in [5, 5.41) is 6.95. The molecule has 148 valence electrons. The summed E-state index contributed by atoms with van der Waals surface area (Å²) in [6.07, 6.45) is -0.631. The molecule has 1 amide bonds. The lowest BCUT2D eigenvalue weighted by molar-refractivity contribution is 0.0939. The molecule has 0 aliphatic heterocycles. The van der Waals surface area contributed by atoms with Crippen LogP contribution in [0.25, 0.3) is 0 Å². The monoisotopic (exact) mass is 379 g/mol. The average molecular weight is 379 g/mol. The highest BCUT2D eigenvalue weighted by molar-refractivity contribution is 5.84. The summed E-state index contributed by atoms with van der Waals surface area (Å²) in [6, 6.07) is 5.02. The quantitative estimate of drug-likeness (QED) is 0.697. The molecular weight excluding hydrogens is 352 g/mol. The van der Waals surface area contributed by atoms with E-state index in [1.54, 1.807) is 0 Å². The van der Waals surface area contributed by atoms with E-state index >= 15 is 0 Å². The lowest BCUT2D eigenvalue weighted by Crippen LogP contribution is -2.27. The number of halogens is 2. The first-order chi connectivity index (χ1) is 12.7. The molecule has 2 rings (SSSR count). The van der Waals surface area contributed by atoms with E-state index in [1.807, 2.05) is 11.6 Å².